The van der Waals surface area contributed by atoms with Crippen LogP contribution in [0.1, 0.15) is 28.5 Å². The van der Waals surface area contributed by atoms with Crippen LogP contribution in [0.25, 0.3) is 5.76 Å². The van der Waals surface area contributed by atoms with E-state index in [0.717, 1.165) is 5.56 Å². The number of aliphatic hydroxyl groups is 1. The van der Waals surface area contributed by atoms with Gasteiger partial charge in [0.05, 0.1) is 18.7 Å². The zero-order valence-electron chi connectivity index (χ0n) is 16.7. The average Bonchev–Trinajstić information content (AvgIpc) is 3.29. The summed E-state index contributed by atoms with van der Waals surface area (Å²) in [5.41, 5.74) is 2.06. The third-order valence-corrected chi connectivity index (χ3v) is 5.04. The van der Waals surface area contributed by atoms with Gasteiger partial charge in [-0.3, -0.25) is 14.5 Å². The van der Waals surface area contributed by atoms with E-state index in [0.29, 0.717) is 22.6 Å². The van der Waals surface area contributed by atoms with Crippen molar-refractivity contribution in [2.45, 2.75) is 19.9 Å². The third-order valence-electron chi connectivity index (χ3n) is 5.04. The van der Waals surface area contributed by atoms with Crippen LogP contribution in [0.2, 0.25) is 0 Å². The molecule has 3 aromatic rings. The second-order valence-corrected chi connectivity index (χ2v) is 7.11. The molecule has 30 heavy (non-hydrogen) atoms. The molecule has 2 aromatic carbocycles. The van der Waals surface area contributed by atoms with Crippen LogP contribution in [0.15, 0.2) is 64.7 Å². The average molecular weight is 404 g/mol. The van der Waals surface area contributed by atoms with Gasteiger partial charge < -0.3 is 14.4 Å². The van der Waals surface area contributed by atoms with Crippen LogP contribution >= 0.6 is 0 Å². The van der Waals surface area contributed by atoms with Crippen LogP contribution in [0.5, 0.6) is 5.75 Å². The first-order valence-corrected chi connectivity index (χ1v) is 9.36. The van der Waals surface area contributed by atoms with Crippen molar-refractivity contribution >= 4 is 23.3 Å². The number of hydrogen-bond donors (Lipinski definition) is 1. The first kappa shape index (κ1) is 19.4. The second-order valence-electron chi connectivity index (χ2n) is 7.11. The Labute approximate surface area is 173 Å². The number of anilines is 1. The van der Waals surface area contributed by atoms with Crippen molar-refractivity contribution in [2.24, 2.45) is 0 Å². The van der Waals surface area contributed by atoms with Gasteiger partial charge >= 0.3 is 5.91 Å². The zero-order chi connectivity index (χ0) is 21.4. The largest absolute Gasteiger partial charge is 0.507 e. The van der Waals surface area contributed by atoms with Crippen LogP contribution in [0.3, 0.4) is 0 Å². The van der Waals surface area contributed by atoms with Gasteiger partial charge in [-0.05, 0) is 31.5 Å². The van der Waals surface area contributed by atoms with E-state index in [4.69, 9.17) is 9.26 Å². The molecule has 1 aliphatic heterocycles. The minimum Gasteiger partial charge on any atom is -0.507 e. The summed E-state index contributed by atoms with van der Waals surface area (Å²) in [7, 11) is 1.51. The van der Waals surface area contributed by atoms with Crippen molar-refractivity contribution < 1.29 is 24.0 Å². The third kappa shape index (κ3) is 3.24. The lowest BCUT2D eigenvalue weighted by Gasteiger charge is -2.23. The van der Waals surface area contributed by atoms with Crippen LogP contribution < -0.4 is 9.64 Å². The van der Waals surface area contributed by atoms with Crippen molar-refractivity contribution in [3.63, 3.8) is 0 Å². The fraction of sp³-hybridized carbons (Fsp3) is 0.174. The number of aliphatic hydroxyl groups excluding tert-OH is 1. The van der Waals surface area contributed by atoms with Gasteiger partial charge in [-0.1, -0.05) is 47.1 Å². The SMILES string of the molecule is COc1cccc(/C(O)=C2\C(=O)C(=O)N(c3cc(C)on3)[C@@H]2c2ccc(C)cc2)c1. The van der Waals surface area contributed by atoms with Crippen molar-refractivity contribution in [3.05, 3.63) is 82.6 Å². The van der Waals surface area contributed by atoms with E-state index < -0.39 is 17.7 Å². The second kappa shape index (κ2) is 7.51. The number of aromatic nitrogens is 1. The van der Waals surface area contributed by atoms with Gasteiger partial charge in [0.1, 0.15) is 17.3 Å². The molecule has 1 amide bonds. The molecule has 0 radical (unpaired) electrons. The number of rotatable bonds is 4. The molecule has 0 aliphatic carbocycles. The molecule has 152 valence electrons. The smallest absolute Gasteiger partial charge is 0.301 e. The lowest BCUT2D eigenvalue weighted by atomic mass is 9.94. The Bertz CT molecular complexity index is 1160. The molecule has 4 rings (SSSR count). The van der Waals surface area contributed by atoms with Crippen LogP contribution in [-0.4, -0.2) is 29.1 Å². The normalized spacial score (nSPS) is 18.1. The van der Waals surface area contributed by atoms with Crippen molar-refractivity contribution in [1.82, 2.24) is 5.16 Å². The number of aryl methyl sites for hydroxylation is 2. The number of amides is 1. The van der Waals surface area contributed by atoms with E-state index in [1.165, 1.54) is 12.0 Å². The van der Waals surface area contributed by atoms with Crippen LogP contribution in [0, 0.1) is 13.8 Å². The molecule has 7 heteroatoms. The Balaban J connectivity index is 1.94. The Morgan fingerprint density at radius 2 is 1.83 bits per heavy atom. The van der Waals surface area contributed by atoms with Crippen LogP contribution in [0.4, 0.5) is 5.82 Å². The number of hydrogen-bond acceptors (Lipinski definition) is 6. The predicted molar refractivity (Wildman–Crippen MR) is 110 cm³/mol. The minimum absolute atomic E-state index is 0.0160. The summed E-state index contributed by atoms with van der Waals surface area (Å²) in [5, 5.41) is 15.0. The Morgan fingerprint density at radius 3 is 2.47 bits per heavy atom. The summed E-state index contributed by atoms with van der Waals surface area (Å²) >= 11 is 0. The molecule has 7 nitrogen and oxygen atoms in total. The maximum Gasteiger partial charge on any atom is 0.301 e. The summed E-state index contributed by atoms with van der Waals surface area (Å²) in [6.07, 6.45) is 0. The Morgan fingerprint density at radius 1 is 1.10 bits per heavy atom. The highest BCUT2D eigenvalue weighted by Gasteiger charge is 2.48. The maximum atomic E-state index is 13.0. The summed E-state index contributed by atoms with van der Waals surface area (Å²) < 4.78 is 10.3. The molecule has 1 N–H and O–H groups in total. The number of nitrogens with zero attached hydrogens (tertiary/aromatic N) is 2. The van der Waals surface area contributed by atoms with Gasteiger partial charge in [-0.15, -0.1) is 0 Å². The van der Waals surface area contributed by atoms with E-state index in [-0.39, 0.29) is 17.2 Å². The fourth-order valence-electron chi connectivity index (χ4n) is 3.53. The highest BCUT2D eigenvalue weighted by atomic mass is 16.5. The number of carbonyl (C=O) groups excluding carboxylic acids is 2. The molecule has 0 unspecified atom stereocenters. The highest BCUT2D eigenvalue weighted by molar-refractivity contribution is 6.51. The van der Waals surface area contributed by atoms with Crippen LogP contribution in [-0.2, 0) is 9.59 Å². The summed E-state index contributed by atoms with van der Waals surface area (Å²) in [5.74, 6) is -0.611. The molecule has 0 saturated carbocycles. The van der Waals surface area contributed by atoms with Gasteiger partial charge in [0.15, 0.2) is 5.82 Å². The number of carbonyl (C=O) groups is 2. The molecule has 0 spiro atoms. The molecule has 1 aliphatic rings. The molecular formula is C23H20N2O5. The Hall–Kier alpha value is -3.87. The van der Waals surface area contributed by atoms with E-state index in [2.05, 4.69) is 5.16 Å². The molecule has 1 aromatic heterocycles. The van der Waals surface area contributed by atoms with E-state index in [1.54, 1.807) is 37.3 Å². The summed E-state index contributed by atoms with van der Waals surface area (Å²) in [4.78, 5) is 27.2. The summed E-state index contributed by atoms with van der Waals surface area (Å²) in [6, 6.07) is 14.8. The van der Waals surface area contributed by atoms with E-state index in [1.807, 2.05) is 31.2 Å². The predicted octanol–water partition coefficient (Wildman–Crippen LogP) is 3.93. The van der Waals surface area contributed by atoms with E-state index >= 15 is 0 Å². The number of methoxy groups -OCH3 is 1. The van der Waals surface area contributed by atoms with Gasteiger partial charge in [-0.25, -0.2) is 0 Å². The standard InChI is InChI=1S/C23H20N2O5/c1-13-7-9-15(10-8-13)20-19(21(26)16-5-4-6-17(12-16)29-3)22(27)23(28)25(20)18-11-14(2)30-24-18/h4-12,20,26H,1-3H3/b21-19+/t20-/m1/s1. The lowest BCUT2D eigenvalue weighted by molar-refractivity contribution is -0.132. The van der Waals surface area contributed by atoms with Gasteiger partial charge in [-0.2, -0.15) is 0 Å². The fourth-order valence-corrected chi connectivity index (χ4v) is 3.53. The minimum atomic E-state index is -0.846. The number of ketones is 1. The van der Waals surface area contributed by atoms with Crippen molar-refractivity contribution in [1.29, 1.82) is 0 Å². The lowest BCUT2D eigenvalue weighted by Crippen LogP contribution is -2.29. The molecule has 2 heterocycles. The number of benzene rings is 2. The number of ether oxygens (including phenoxy) is 1. The summed E-state index contributed by atoms with van der Waals surface area (Å²) in [6.45, 7) is 3.64. The first-order valence-electron chi connectivity index (χ1n) is 9.36. The number of Topliss-reactive ketones (excluding diaryl/α,β-unsaturated/α-hetero) is 1. The Kier molecular flexibility index (Phi) is 4.87. The highest BCUT2D eigenvalue weighted by Crippen LogP contribution is 2.42. The molecular weight excluding hydrogens is 384 g/mol. The molecule has 1 fully saturated rings. The monoisotopic (exact) mass is 404 g/mol. The van der Waals surface area contributed by atoms with Gasteiger partial charge in [0.25, 0.3) is 5.78 Å². The topological polar surface area (TPSA) is 92.9 Å². The van der Waals surface area contributed by atoms with Gasteiger partial charge in [0, 0.05) is 11.6 Å². The first-order chi connectivity index (χ1) is 14.4. The zero-order valence-corrected chi connectivity index (χ0v) is 16.7. The maximum absolute atomic E-state index is 13.0. The van der Waals surface area contributed by atoms with E-state index in [9.17, 15) is 14.7 Å². The van der Waals surface area contributed by atoms with Crippen molar-refractivity contribution in [3.8, 4) is 5.75 Å². The molecule has 0 bridgehead atoms. The van der Waals surface area contributed by atoms with Gasteiger partial charge in [0.2, 0.25) is 0 Å². The molecule has 1 saturated heterocycles. The molecule has 1 atom stereocenters. The quantitative estimate of drug-likeness (QED) is 0.402. The van der Waals surface area contributed by atoms with Crippen molar-refractivity contribution in [2.75, 3.05) is 12.0 Å².